The molecule has 1 aliphatic carbocycles. The number of hydrogen-bond acceptors (Lipinski definition) is 3. The third kappa shape index (κ3) is 1.80. The van der Waals surface area contributed by atoms with Gasteiger partial charge in [0.25, 0.3) is 0 Å². The van der Waals surface area contributed by atoms with Crippen molar-refractivity contribution in [1.82, 2.24) is 0 Å². The Labute approximate surface area is 99.7 Å². The Morgan fingerprint density at radius 3 is 2.71 bits per heavy atom. The number of aliphatic hydroxyl groups excluding tert-OH is 1. The van der Waals surface area contributed by atoms with Gasteiger partial charge in [-0.1, -0.05) is 31.9 Å². The lowest BCUT2D eigenvalue weighted by molar-refractivity contribution is -0.143. The van der Waals surface area contributed by atoms with Gasteiger partial charge in [0.15, 0.2) is 5.79 Å². The first-order valence-corrected chi connectivity index (χ1v) is 6.16. The molecule has 0 spiro atoms. The first-order valence-electron chi connectivity index (χ1n) is 4.46. The van der Waals surface area contributed by atoms with Crippen molar-refractivity contribution in [2.24, 2.45) is 0 Å². The lowest BCUT2D eigenvalue weighted by atomic mass is 10.00. The van der Waals surface area contributed by atoms with Gasteiger partial charge in [0.2, 0.25) is 0 Å². The molecular weight excluding hydrogens is 316 g/mol. The Hall–Kier alpha value is 0.580. The standard InChI is InChI=1S/C9H12Br2O3/c1-9(2)13-7-4(10)3-5(12)6(11)8(7)14-9/h3,5-8,12H,1-2H3/t5-,6+,7+,8-/m0/s1. The summed E-state index contributed by atoms with van der Waals surface area (Å²) in [5, 5.41) is 9.68. The van der Waals surface area contributed by atoms with Crippen molar-refractivity contribution >= 4 is 31.9 Å². The quantitative estimate of drug-likeness (QED) is 0.691. The molecule has 14 heavy (non-hydrogen) atoms. The normalized spacial score (nSPS) is 45.9. The third-order valence-corrected chi connectivity index (χ3v) is 4.15. The van der Waals surface area contributed by atoms with Gasteiger partial charge in [-0.2, -0.15) is 0 Å². The lowest BCUT2D eigenvalue weighted by Crippen LogP contribution is -2.42. The fraction of sp³-hybridized carbons (Fsp3) is 0.778. The third-order valence-electron chi connectivity index (χ3n) is 2.37. The van der Waals surface area contributed by atoms with Crippen LogP contribution in [0.1, 0.15) is 13.8 Å². The fourth-order valence-corrected chi connectivity index (χ4v) is 2.94. The van der Waals surface area contributed by atoms with Gasteiger partial charge >= 0.3 is 0 Å². The Morgan fingerprint density at radius 1 is 1.43 bits per heavy atom. The van der Waals surface area contributed by atoms with Crippen molar-refractivity contribution in [2.45, 2.75) is 42.8 Å². The average molecular weight is 328 g/mol. The molecule has 4 atom stereocenters. The summed E-state index contributed by atoms with van der Waals surface area (Å²) in [6, 6.07) is 0. The minimum Gasteiger partial charge on any atom is -0.388 e. The molecule has 5 heteroatoms. The summed E-state index contributed by atoms with van der Waals surface area (Å²) in [5.74, 6) is -0.585. The van der Waals surface area contributed by atoms with Crippen molar-refractivity contribution in [3.05, 3.63) is 10.6 Å². The van der Waals surface area contributed by atoms with E-state index < -0.39 is 11.9 Å². The molecule has 1 fully saturated rings. The van der Waals surface area contributed by atoms with E-state index in [2.05, 4.69) is 31.9 Å². The largest absolute Gasteiger partial charge is 0.388 e. The topological polar surface area (TPSA) is 38.7 Å². The van der Waals surface area contributed by atoms with Gasteiger partial charge in [-0.25, -0.2) is 0 Å². The molecule has 1 heterocycles. The first kappa shape index (κ1) is 11.1. The zero-order valence-electron chi connectivity index (χ0n) is 7.91. The molecule has 0 amide bonds. The van der Waals surface area contributed by atoms with Crippen LogP contribution in [0.3, 0.4) is 0 Å². The second kappa shape index (κ2) is 3.56. The van der Waals surface area contributed by atoms with E-state index in [-0.39, 0.29) is 17.0 Å². The zero-order valence-corrected chi connectivity index (χ0v) is 11.1. The van der Waals surface area contributed by atoms with Crippen LogP contribution in [0.15, 0.2) is 10.6 Å². The number of aliphatic hydroxyl groups is 1. The highest BCUT2D eigenvalue weighted by Crippen LogP contribution is 2.41. The van der Waals surface area contributed by atoms with Gasteiger partial charge < -0.3 is 14.6 Å². The number of halogens is 2. The number of fused-ring (bicyclic) bond motifs is 1. The molecule has 1 N–H and O–H groups in total. The van der Waals surface area contributed by atoms with Crippen LogP contribution in [0, 0.1) is 0 Å². The first-order chi connectivity index (χ1) is 6.41. The molecular formula is C9H12Br2O3. The summed E-state index contributed by atoms with van der Waals surface area (Å²) in [6.07, 6.45) is 0.950. The maximum atomic E-state index is 9.68. The molecule has 80 valence electrons. The summed E-state index contributed by atoms with van der Waals surface area (Å²) in [4.78, 5) is -0.115. The van der Waals surface area contributed by atoms with Gasteiger partial charge in [0.05, 0.1) is 10.9 Å². The Balaban J connectivity index is 2.27. The molecule has 2 aliphatic rings. The molecule has 0 bridgehead atoms. The molecule has 0 unspecified atom stereocenters. The van der Waals surface area contributed by atoms with Crippen molar-refractivity contribution < 1.29 is 14.6 Å². The van der Waals surface area contributed by atoms with Gasteiger partial charge in [-0.3, -0.25) is 0 Å². The minimum absolute atomic E-state index is 0.113. The predicted molar refractivity (Wildman–Crippen MR) is 59.6 cm³/mol. The molecule has 1 saturated heterocycles. The highest BCUT2D eigenvalue weighted by Gasteiger charge is 2.49. The predicted octanol–water partition coefficient (Wildman–Crippen LogP) is 1.92. The highest BCUT2D eigenvalue weighted by molar-refractivity contribution is 9.11. The van der Waals surface area contributed by atoms with Crippen molar-refractivity contribution in [3.8, 4) is 0 Å². The van der Waals surface area contributed by atoms with E-state index in [0.717, 1.165) is 4.48 Å². The fourth-order valence-electron chi connectivity index (χ4n) is 1.78. The van der Waals surface area contributed by atoms with E-state index in [1.807, 2.05) is 13.8 Å². The van der Waals surface area contributed by atoms with Crippen molar-refractivity contribution in [1.29, 1.82) is 0 Å². The maximum Gasteiger partial charge on any atom is 0.164 e. The van der Waals surface area contributed by atoms with E-state index >= 15 is 0 Å². The zero-order chi connectivity index (χ0) is 10.5. The van der Waals surface area contributed by atoms with Gasteiger partial charge in [-0.05, 0) is 19.9 Å². The van der Waals surface area contributed by atoms with E-state index in [4.69, 9.17) is 9.47 Å². The van der Waals surface area contributed by atoms with E-state index in [1.54, 1.807) is 6.08 Å². The van der Waals surface area contributed by atoms with Crippen LogP contribution in [0.25, 0.3) is 0 Å². The van der Waals surface area contributed by atoms with Crippen LogP contribution in [0.4, 0.5) is 0 Å². The number of hydrogen-bond donors (Lipinski definition) is 1. The monoisotopic (exact) mass is 326 g/mol. The molecule has 0 saturated carbocycles. The van der Waals surface area contributed by atoms with Crippen LogP contribution in [-0.2, 0) is 9.47 Å². The Kier molecular flexibility index (Phi) is 2.81. The molecule has 3 nitrogen and oxygen atoms in total. The van der Waals surface area contributed by atoms with Gasteiger partial charge in [0.1, 0.15) is 12.2 Å². The molecule has 0 aromatic rings. The summed E-state index contributed by atoms with van der Waals surface area (Å²) in [5.41, 5.74) is 0. The summed E-state index contributed by atoms with van der Waals surface area (Å²) in [7, 11) is 0. The number of ether oxygens (including phenoxy) is 2. The van der Waals surface area contributed by atoms with E-state index in [9.17, 15) is 5.11 Å². The van der Waals surface area contributed by atoms with Crippen molar-refractivity contribution in [3.63, 3.8) is 0 Å². The van der Waals surface area contributed by atoms with Gasteiger partial charge in [-0.15, -0.1) is 0 Å². The number of alkyl halides is 1. The van der Waals surface area contributed by atoms with Crippen LogP contribution >= 0.6 is 31.9 Å². The van der Waals surface area contributed by atoms with Crippen LogP contribution in [0.5, 0.6) is 0 Å². The molecule has 1 aliphatic heterocycles. The Bertz CT molecular complexity index is 277. The molecule has 0 radical (unpaired) electrons. The van der Waals surface area contributed by atoms with Crippen LogP contribution < -0.4 is 0 Å². The molecule has 2 rings (SSSR count). The van der Waals surface area contributed by atoms with Crippen molar-refractivity contribution in [2.75, 3.05) is 0 Å². The average Bonchev–Trinajstić information content (AvgIpc) is 2.38. The van der Waals surface area contributed by atoms with E-state index in [1.165, 1.54) is 0 Å². The Morgan fingerprint density at radius 2 is 2.07 bits per heavy atom. The van der Waals surface area contributed by atoms with E-state index in [0.29, 0.717) is 0 Å². The van der Waals surface area contributed by atoms with Crippen LogP contribution in [-0.4, -0.2) is 34.0 Å². The molecule has 0 aromatic carbocycles. The summed E-state index contributed by atoms with van der Waals surface area (Å²) >= 11 is 6.81. The summed E-state index contributed by atoms with van der Waals surface area (Å²) < 4.78 is 12.3. The number of rotatable bonds is 0. The smallest absolute Gasteiger partial charge is 0.164 e. The maximum absolute atomic E-state index is 9.68. The molecule has 0 aromatic heterocycles. The second-order valence-electron chi connectivity index (χ2n) is 4.01. The second-order valence-corrected chi connectivity index (χ2v) is 5.98. The summed E-state index contributed by atoms with van der Waals surface area (Å²) in [6.45, 7) is 3.75. The SMILES string of the molecule is CC1(C)O[C@H]2[C@H](Br)[C@@H](O)C=C(Br)[C@H]2O1. The minimum atomic E-state index is -0.585. The highest BCUT2D eigenvalue weighted by atomic mass is 79.9. The lowest BCUT2D eigenvalue weighted by Gasteiger charge is -2.29. The van der Waals surface area contributed by atoms with Gasteiger partial charge in [0, 0.05) is 4.48 Å². The van der Waals surface area contributed by atoms with Crippen LogP contribution in [0.2, 0.25) is 0 Å².